The first-order chi connectivity index (χ1) is 11.1. The van der Waals surface area contributed by atoms with E-state index in [1.165, 1.54) is 0 Å². The molecule has 3 aliphatic rings. The van der Waals surface area contributed by atoms with Gasteiger partial charge in [-0.2, -0.15) is 0 Å². The fourth-order valence-electron chi connectivity index (χ4n) is 4.48. The van der Waals surface area contributed by atoms with Crippen LogP contribution in [0.1, 0.15) is 26.2 Å². The van der Waals surface area contributed by atoms with Crippen LogP contribution in [0, 0.1) is 10.8 Å². The van der Waals surface area contributed by atoms with Gasteiger partial charge in [0.25, 0.3) is 0 Å². The number of nitrogens with one attached hydrogen (secondary N) is 1. The highest BCUT2D eigenvalue weighted by molar-refractivity contribution is 5.87. The van der Waals surface area contributed by atoms with Gasteiger partial charge in [0.15, 0.2) is 0 Å². The van der Waals surface area contributed by atoms with Gasteiger partial charge in [0.2, 0.25) is 11.9 Å². The smallest absolute Gasteiger partial charge is 0.229 e. The molecule has 1 saturated carbocycles. The number of anilines is 1. The van der Waals surface area contributed by atoms with Gasteiger partial charge in [-0.05, 0) is 43.8 Å². The van der Waals surface area contributed by atoms with Crippen molar-refractivity contribution in [2.45, 2.75) is 26.2 Å². The highest BCUT2D eigenvalue weighted by Crippen LogP contribution is 2.69. The van der Waals surface area contributed by atoms with Crippen molar-refractivity contribution < 1.29 is 4.79 Å². The number of carbonyl (C=O) groups is 1. The Morgan fingerprint density at radius 2 is 1.78 bits per heavy atom. The van der Waals surface area contributed by atoms with Crippen molar-refractivity contribution in [1.29, 1.82) is 0 Å². The van der Waals surface area contributed by atoms with Gasteiger partial charge in [-0.3, -0.25) is 4.79 Å². The lowest BCUT2D eigenvalue weighted by Crippen LogP contribution is -2.52. The van der Waals surface area contributed by atoms with Crippen LogP contribution in [0.2, 0.25) is 0 Å². The summed E-state index contributed by atoms with van der Waals surface area (Å²) in [6.07, 6.45) is 6.90. The van der Waals surface area contributed by atoms with E-state index in [1.54, 1.807) is 12.4 Å². The molecule has 0 aromatic carbocycles. The van der Waals surface area contributed by atoms with Crippen LogP contribution in [0.15, 0.2) is 18.5 Å². The molecule has 6 heteroatoms. The Morgan fingerprint density at radius 1 is 1.13 bits per heavy atom. The van der Waals surface area contributed by atoms with Gasteiger partial charge in [0, 0.05) is 38.6 Å². The Labute approximate surface area is 137 Å². The number of aromatic nitrogens is 2. The Bertz CT molecular complexity index is 578. The van der Waals surface area contributed by atoms with Crippen molar-refractivity contribution in [1.82, 2.24) is 20.2 Å². The van der Waals surface area contributed by atoms with Crippen molar-refractivity contribution in [3.05, 3.63) is 18.5 Å². The molecule has 1 aromatic heterocycles. The predicted octanol–water partition coefficient (Wildman–Crippen LogP) is 0.905. The first-order valence-electron chi connectivity index (χ1n) is 8.67. The summed E-state index contributed by atoms with van der Waals surface area (Å²) in [5.41, 5.74) is 0.148. The molecule has 1 aromatic rings. The second kappa shape index (κ2) is 5.44. The summed E-state index contributed by atoms with van der Waals surface area (Å²) < 4.78 is 0. The van der Waals surface area contributed by atoms with E-state index in [-0.39, 0.29) is 10.8 Å². The van der Waals surface area contributed by atoms with Gasteiger partial charge < -0.3 is 15.1 Å². The van der Waals surface area contributed by atoms with Crippen molar-refractivity contribution in [3.8, 4) is 0 Å². The fraction of sp³-hybridized carbons (Fsp3) is 0.706. The van der Waals surface area contributed by atoms with Crippen molar-refractivity contribution in [2.75, 3.05) is 44.2 Å². The Morgan fingerprint density at radius 3 is 2.43 bits per heavy atom. The molecule has 1 spiro atoms. The van der Waals surface area contributed by atoms with E-state index >= 15 is 0 Å². The molecule has 1 atom stereocenters. The molecule has 2 saturated heterocycles. The number of piperazine rings is 1. The van der Waals surface area contributed by atoms with E-state index in [9.17, 15) is 4.79 Å². The van der Waals surface area contributed by atoms with Gasteiger partial charge in [-0.15, -0.1) is 0 Å². The molecular weight excluding hydrogens is 290 g/mol. The molecule has 2 aliphatic heterocycles. The first-order valence-corrected chi connectivity index (χ1v) is 8.67. The van der Waals surface area contributed by atoms with Crippen LogP contribution >= 0.6 is 0 Å². The maximum absolute atomic E-state index is 13.1. The highest BCUT2D eigenvalue weighted by Gasteiger charge is 2.68. The van der Waals surface area contributed by atoms with E-state index in [0.717, 1.165) is 64.5 Å². The maximum Gasteiger partial charge on any atom is 0.229 e. The van der Waals surface area contributed by atoms with Crippen molar-refractivity contribution >= 4 is 11.9 Å². The molecule has 4 rings (SSSR count). The molecule has 23 heavy (non-hydrogen) atoms. The maximum atomic E-state index is 13.1. The summed E-state index contributed by atoms with van der Waals surface area (Å²) in [7, 11) is 0. The normalized spacial score (nSPS) is 29.6. The molecule has 3 heterocycles. The number of piperidine rings is 1. The van der Waals surface area contributed by atoms with Crippen LogP contribution < -0.4 is 10.2 Å². The van der Waals surface area contributed by atoms with Gasteiger partial charge in [0.05, 0.1) is 5.41 Å². The molecule has 0 bridgehead atoms. The Hall–Kier alpha value is -1.69. The summed E-state index contributed by atoms with van der Waals surface area (Å²) in [6.45, 7) is 7.50. The van der Waals surface area contributed by atoms with E-state index in [1.807, 2.05) is 6.07 Å². The van der Waals surface area contributed by atoms with Crippen LogP contribution in [0.4, 0.5) is 5.95 Å². The monoisotopic (exact) mass is 315 g/mol. The van der Waals surface area contributed by atoms with Gasteiger partial charge in [-0.1, -0.05) is 6.92 Å². The summed E-state index contributed by atoms with van der Waals surface area (Å²) in [5, 5.41) is 3.42. The minimum Gasteiger partial charge on any atom is -0.339 e. The average Bonchev–Trinajstić information content (AvgIpc) is 3.19. The molecule has 1 unspecified atom stereocenters. The molecule has 1 aliphatic carbocycles. The van der Waals surface area contributed by atoms with Crippen LogP contribution in [-0.2, 0) is 4.79 Å². The fourth-order valence-corrected chi connectivity index (χ4v) is 4.48. The van der Waals surface area contributed by atoms with Crippen molar-refractivity contribution in [2.24, 2.45) is 10.8 Å². The molecular formula is C17H25N5O. The summed E-state index contributed by atoms with van der Waals surface area (Å²) in [6, 6.07) is 1.83. The van der Waals surface area contributed by atoms with Gasteiger partial charge >= 0.3 is 0 Å². The van der Waals surface area contributed by atoms with E-state index in [4.69, 9.17) is 0 Å². The molecule has 3 fully saturated rings. The van der Waals surface area contributed by atoms with E-state index in [0.29, 0.717) is 5.91 Å². The molecule has 6 nitrogen and oxygen atoms in total. The largest absolute Gasteiger partial charge is 0.339 e. The van der Waals surface area contributed by atoms with Gasteiger partial charge in [-0.25, -0.2) is 9.97 Å². The third-order valence-corrected chi connectivity index (χ3v) is 6.17. The third kappa shape index (κ3) is 2.40. The first kappa shape index (κ1) is 14.9. The van der Waals surface area contributed by atoms with Crippen LogP contribution in [-0.4, -0.2) is 60.0 Å². The third-order valence-electron chi connectivity index (χ3n) is 6.17. The number of hydrogen-bond donors (Lipinski definition) is 1. The average molecular weight is 315 g/mol. The Kier molecular flexibility index (Phi) is 3.52. The molecule has 1 amide bonds. The molecule has 1 N–H and O–H groups in total. The minimum absolute atomic E-state index is 0.124. The van der Waals surface area contributed by atoms with Crippen LogP contribution in [0.5, 0.6) is 0 Å². The Balaban J connectivity index is 1.38. The van der Waals surface area contributed by atoms with E-state index in [2.05, 4.69) is 32.0 Å². The second-order valence-corrected chi connectivity index (χ2v) is 7.37. The SMILES string of the molecule is CC1(C(=O)N2CCN(c3ncccn3)CC2)CC12CCNCC2. The predicted molar refractivity (Wildman–Crippen MR) is 88.1 cm³/mol. The highest BCUT2D eigenvalue weighted by atomic mass is 16.2. The standard InChI is InChI=1S/C17H25N5O/c1-16(13-17(16)3-7-18-8-4-17)14(23)21-9-11-22(12-10-21)15-19-5-2-6-20-15/h2,5-6,18H,3-4,7-13H2,1H3. The molecule has 124 valence electrons. The number of amides is 1. The number of rotatable bonds is 2. The summed E-state index contributed by atoms with van der Waals surface area (Å²) in [4.78, 5) is 25.9. The number of carbonyl (C=O) groups excluding carboxylic acids is 1. The minimum atomic E-state index is -0.124. The quantitative estimate of drug-likeness (QED) is 0.879. The lowest BCUT2D eigenvalue weighted by atomic mass is 9.85. The zero-order valence-corrected chi connectivity index (χ0v) is 13.8. The number of nitrogens with zero attached hydrogens (tertiary/aromatic N) is 4. The topological polar surface area (TPSA) is 61.4 Å². The summed E-state index contributed by atoms with van der Waals surface area (Å²) >= 11 is 0. The van der Waals surface area contributed by atoms with E-state index < -0.39 is 0 Å². The van der Waals surface area contributed by atoms with Crippen LogP contribution in [0.3, 0.4) is 0 Å². The zero-order chi connectivity index (χ0) is 15.9. The number of hydrogen-bond acceptors (Lipinski definition) is 5. The molecule has 0 radical (unpaired) electrons. The van der Waals surface area contributed by atoms with Gasteiger partial charge in [0.1, 0.15) is 0 Å². The van der Waals surface area contributed by atoms with Crippen LogP contribution in [0.25, 0.3) is 0 Å². The summed E-state index contributed by atoms with van der Waals surface area (Å²) in [5.74, 6) is 1.14. The zero-order valence-electron chi connectivity index (χ0n) is 13.8. The lowest BCUT2D eigenvalue weighted by molar-refractivity contribution is -0.138. The van der Waals surface area contributed by atoms with Crippen molar-refractivity contribution in [3.63, 3.8) is 0 Å². The lowest BCUT2D eigenvalue weighted by Gasteiger charge is -2.37. The second-order valence-electron chi connectivity index (χ2n) is 7.37.